The van der Waals surface area contributed by atoms with Crippen LogP contribution >= 0.6 is 0 Å². The molecule has 3 aromatic rings. The van der Waals surface area contributed by atoms with Gasteiger partial charge >= 0.3 is 0 Å². The Morgan fingerprint density at radius 1 is 1.00 bits per heavy atom. The van der Waals surface area contributed by atoms with Crippen LogP contribution < -0.4 is 9.62 Å². The van der Waals surface area contributed by atoms with Crippen LogP contribution in [0, 0.1) is 10.1 Å². The molecule has 31 heavy (non-hydrogen) atoms. The third kappa shape index (κ3) is 4.84. The van der Waals surface area contributed by atoms with Crippen LogP contribution in [0.1, 0.15) is 18.1 Å². The first kappa shape index (κ1) is 22.3. The predicted octanol–water partition coefficient (Wildman–Crippen LogP) is 3.91. The fraction of sp³-hybridized carbons (Fsp3) is 0.182. The number of nitro benzene ring substituents is 1. The number of aliphatic hydroxyl groups is 1. The lowest BCUT2D eigenvalue weighted by molar-refractivity contribution is -0.384. The third-order valence-corrected chi connectivity index (χ3v) is 6.74. The SMILES string of the molecule is CCN(c1ccccc1)S(=O)(=O)c1ccc(NCc2ccccc2CO)c([N+](=O)[O-])c1. The van der Waals surface area contributed by atoms with E-state index in [9.17, 15) is 23.6 Å². The van der Waals surface area contributed by atoms with Gasteiger partial charge in [0.2, 0.25) is 0 Å². The van der Waals surface area contributed by atoms with Gasteiger partial charge in [-0.25, -0.2) is 8.42 Å². The number of nitrogens with one attached hydrogen (secondary N) is 1. The first-order valence-corrected chi connectivity index (χ1v) is 11.1. The second kappa shape index (κ2) is 9.59. The fourth-order valence-corrected chi connectivity index (χ4v) is 4.75. The molecule has 0 aliphatic carbocycles. The molecule has 3 rings (SSSR count). The summed E-state index contributed by atoms with van der Waals surface area (Å²) in [5.41, 5.74) is 1.83. The molecule has 0 aromatic heterocycles. The van der Waals surface area contributed by atoms with Crippen molar-refractivity contribution in [2.45, 2.75) is 25.0 Å². The van der Waals surface area contributed by atoms with E-state index in [0.717, 1.165) is 11.6 Å². The lowest BCUT2D eigenvalue weighted by Gasteiger charge is -2.23. The highest BCUT2D eigenvalue weighted by molar-refractivity contribution is 7.92. The average Bonchev–Trinajstić information content (AvgIpc) is 2.78. The lowest BCUT2D eigenvalue weighted by Crippen LogP contribution is -2.30. The molecule has 0 heterocycles. The van der Waals surface area contributed by atoms with Gasteiger partial charge in [-0.15, -0.1) is 0 Å². The van der Waals surface area contributed by atoms with Crippen LogP contribution in [0.5, 0.6) is 0 Å². The quantitative estimate of drug-likeness (QED) is 0.384. The van der Waals surface area contributed by atoms with Gasteiger partial charge in [-0.2, -0.15) is 0 Å². The molecule has 8 nitrogen and oxygen atoms in total. The minimum absolute atomic E-state index is 0.149. The zero-order valence-electron chi connectivity index (χ0n) is 16.9. The second-order valence-electron chi connectivity index (χ2n) is 6.72. The Kier molecular flexibility index (Phi) is 6.88. The number of sulfonamides is 1. The number of aliphatic hydroxyl groups excluding tert-OH is 1. The van der Waals surface area contributed by atoms with E-state index in [1.807, 2.05) is 12.1 Å². The summed E-state index contributed by atoms with van der Waals surface area (Å²) < 4.78 is 27.5. The summed E-state index contributed by atoms with van der Waals surface area (Å²) in [4.78, 5) is 10.9. The summed E-state index contributed by atoms with van der Waals surface area (Å²) in [7, 11) is -3.99. The zero-order valence-corrected chi connectivity index (χ0v) is 17.7. The molecule has 0 atom stereocenters. The summed E-state index contributed by atoms with van der Waals surface area (Å²) in [5, 5.41) is 24.1. The monoisotopic (exact) mass is 441 g/mol. The molecule has 0 saturated carbocycles. The van der Waals surface area contributed by atoms with Gasteiger partial charge in [0.1, 0.15) is 5.69 Å². The van der Waals surface area contributed by atoms with Crippen LogP contribution in [-0.2, 0) is 23.2 Å². The number of para-hydroxylation sites is 1. The molecule has 0 unspecified atom stereocenters. The topological polar surface area (TPSA) is 113 Å². The van der Waals surface area contributed by atoms with Crippen molar-refractivity contribution in [2.24, 2.45) is 0 Å². The van der Waals surface area contributed by atoms with Gasteiger partial charge in [-0.3, -0.25) is 14.4 Å². The lowest BCUT2D eigenvalue weighted by atomic mass is 10.1. The van der Waals surface area contributed by atoms with E-state index in [1.165, 1.54) is 16.4 Å². The smallest absolute Gasteiger partial charge is 0.293 e. The van der Waals surface area contributed by atoms with E-state index in [-0.39, 0.29) is 36.0 Å². The fourth-order valence-electron chi connectivity index (χ4n) is 3.26. The van der Waals surface area contributed by atoms with Gasteiger partial charge < -0.3 is 10.4 Å². The van der Waals surface area contributed by atoms with Gasteiger partial charge in [0.15, 0.2) is 0 Å². The molecule has 0 bridgehead atoms. The standard InChI is InChI=1S/C22H23N3O5S/c1-2-24(19-10-4-3-5-11-19)31(29,30)20-12-13-21(22(14-20)25(27)28)23-15-17-8-6-7-9-18(17)16-26/h3-14,23,26H,2,15-16H2,1H3. The summed E-state index contributed by atoms with van der Waals surface area (Å²) in [6, 6.07) is 19.6. The Morgan fingerprint density at radius 3 is 2.26 bits per heavy atom. The number of nitro groups is 1. The molecule has 0 aliphatic heterocycles. The number of benzene rings is 3. The average molecular weight is 442 g/mol. The van der Waals surface area contributed by atoms with Crippen LogP contribution in [0.15, 0.2) is 77.7 Å². The van der Waals surface area contributed by atoms with Crippen molar-refractivity contribution in [3.63, 3.8) is 0 Å². The molecule has 0 saturated heterocycles. The molecule has 0 radical (unpaired) electrons. The normalized spacial score (nSPS) is 11.2. The highest BCUT2D eigenvalue weighted by Crippen LogP contribution is 2.31. The Labute approximate surface area is 181 Å². The second-order valence-corrected chi connectivity index (χ2v) is 8.58. The van der Waals surface area contributed by atoms with E-state index in [2.05, 4.69) is 5.32 Å². The summed E-state index contributed by atoms with van der Waals surface area (Å²) in [6.45, 7) is 1.98. The summed E-state index contributed by atoms with van der Waals surface area (Å²) in [6.07, 6.45) is 0. The van der Waals surface area contributed by atoms with Gasteiger partial charge in [0.05, 0.1) is 22.1 Å². The van der Waals surface area contributed by atoms with E-state index >= 15 is 0 Å². The van der Waals surface area contributed by atoms with Crippen molar-refractivity contribution >= 4 is 27.1 Å². The van der Waals surface area contributed by atoms with Crippen molar-refractivity contribution in [1.82, 2.24) is 0 Å². The molecule has 0 fully saturated rings. The molecule has 0 amide bonds. The first-order chi connectivity index (χ1) is 14.9. The number of rotatable bonds is 9. The maximum atomic E-state index is 13.2. The maximum absolute atomic E-state index is 13.2. The van der Waals surface area contributed by atoms with Crippen molar-refractivity contribution in [1.29, 1.82) is 0 Å². The molecule has 0 spiro atoms. The van der Waals surface area contributed by atoms with Crippen LogP contribution in [0.2, 0.25) is 0 Å². The Morgan fingerprint density at radius 2 is 1.65 bits per heavy atom. The summed E-state index contributed by atoms with van der Waals surface area (Å²) in [5.74, 6) is 0. The highest BCUT2D eigenvalue weighted by Gasteiger charge is 2.27. The van der Waals surface area contributed by atoms with Crippen LogP contribution in [0.4, 0.5) is 17.1 Å². The van der Waals surface area contributed by atoms with Crippen LogP contribution in [-0.4, -0.2) is 25.0 Å². The van der Waals surface area contributed by atoms with Gasteiger partial charge in [0.25, 0.3) is 15.7 Å². The minimum atomic E-state index is -3.99. The van der Waals surface area contributed by atoms with Gasteiger partial charge in [-0.05, 0) is 42.3 Å². The van der Waals surface area contributed by atoms with Gasteiger partial charge in [-0.1, -0.05) is 42.5 Å². The molecule has 0 aliphatic rings. The molecule has 3 aromatic carbocycles. The third-order valence-electron chi connectivity index (χ3n) is 4.84. The molecule has 9 heteroatoms. The highest BCUT2D eigenvalue weighted by atomic mass is 32.2. The molecule has 2 N–H and O–H groups in total. The van der Waals surface area contributed by atoms with Crippen molar-refractivity contribution < 1.29 is 18.4 Å². The molecular weight excluding hydrogens is 418 g/mol. The summed E-state index contributed by atoms with van der Waals surface area (Å²) >= 11 is 0. The van der Waals surface area contributed by atoms with E-state index in [0.29, 0.717) is 11.3 Å². The Hall–Kier alpha value is -3.43. The Balaban J connectivity index is 1.93. The number of anilines is 2. The van der Waals surface area contributed by atoms with Crippen molar-refractivity contribution in [2.75, 3.05) is 16.2 Å². The number of hydrogen-bond donors (Lipinski definition) is 2. The van der Waals surface area contributed by atoms with Crippen LogP contribution in [0.3, 0.4) is 0 Å². The maximum Gasteiger partial charge on any atom is 0.293 e. The number of hydrogen-bond acceptors (Lipinski definition) is 6. The van der Waals surface area contributed by atoms with E-state index in [4.69, 9.17) is 0 Å². The van der Waals surface area contributed by atoms with Crippen molar-refractivity contribution in [3.8, 4) is 0 Å². The predicted molar refractivity (Wildman–Crippen MR) is 119 cm³/mol. The number of nitrogens with zero attached hydrogens (tertiary/aromatic N) is 2. The molecular formula is C22H23N3O5S. The Bertz CT molecular complexity index is 1170. The van der Waals surface area contributed by atoms with E-state index in [1.54, 1.807) is 49.4 Å². The first-order valence-electron chi connectivity index (χ1n) is 9.66. The zero-order chi connectivity index (χ0) is 22.4. The van der Waals surface area contributed by atoms with E-state index < -0.39 is 14.9 Å². The van der Waals surface area contributed by atoms with Crippen molar-refractivity contribution in [3.05, 3.63) is 94.0 Å². The molecule has 162 valence electrons. The minimum Gasteiger partial charge on any atom is -0.392 e. The largest absolute Gasteiger partial charge is 0.392 e. The van der Waals surface area contributed by atoms with Gasteiger partial charge in [0, 0.05) is 19.2 Å². The van der Waals surface area contributed by atoms with Crippen LogP contribution in [0.25, 0.3) is 0 Å².